The summed E-state index contributed by atoms with van der Waals surface area (Å²) in [7, 11) is 3.43. The number of amides is 3. The van der Waals surface area contributed by atoms with E-state index >= 15 is 0 Å². The standard InChI is InChI=1S/C22H29N3O4/c1-23(2)21(27)18-6-3-17(4-7-18)5-8-20(26)24-11-9-19(10-12-24)22(28)25-13-15-29-16-14-25/h3-8,19H,9-16H2,1-2H3/b8-5+. The first-order valence-corrected chi connectivity index (χ1v) is 10.1. The van der Waals surface area contributed by atoms with Crippen molar-refractivity contribution in [2.45, 2.75) is 12.8 Å². The van der Waals surface area contributed by atoms with Crippen LogP contribution in [0.25, 0.3) is 6.08 Å². The van der Waals surface area contributed by atoms with Gasteiger partial charge in [-0.15, -0.1) is 0 Å². The Balaban J connectivity index is 1.49. The molecule has 1 aromatic rings. The second-order valence-electron chi connectivity index (χ2n) is 7.69. The molecule has 2 heterocycles. The lowest BCUT2D eigenvalue weighted by atomic mass is 9.95. The van der Waals surface area contributed by atoms with Gasteiger partial charge in [-0.2, -0.15) is 0 Å². The minimum atomic E-state index is -0.0499. The first kappa shape index (κ1) is 21.0. The monoisotopic (exact) mass is 399 g/mol. The van der Waals surface area contributed by atoms with Crippen molar-refractivity contribution in [2.75, 3.05) is 53.5 Å². The van der Waals surface area contributed by atoms with Gasteiger partial charge >= 0.3 is 0 Å². The van der Waals surface area contributed by atoms with Crippen molar-refractivity contribution in [1.29, 1.82) is 0 Å². The van der Waals surface area contributed by atoms with Gasteiger partial charge in [0, 0.05) is 57.8 Å². The summed E-state index contributed by atoms with van der Waals surface area (Å²) in [6, 6.07) is 7.17. The molecule has 7 heteroatoms. The predicted molar refractivity (Wildman–Crippen MR) is 110 cm³/mol. The van der Waals surface area contributed by atoms with Gasteiger partial charge < -0.3 is 19.4 Å². The van der Waals surface area contributed by atoms with E-state index in [9.17, 15) is 14.4 Å². The van der Waals surface area contributed by atoms with Crippen LogP contribution in [0.3, 0.4) is 0 Å². The number of piperidine rings is 1. The van der Waals surface area contributed by atoms with Crippen LogP contribution >= 0.6 is 0 Å². The number of hydrogen-bond acceptors (Lipinski definition) is 4. The van der Waals surface area contributed by atoms with Crippen LogP contribution in [0.2, 0.25) is 0 Å². The maximum absolute atomic E-state index is 12.6. The van der Waals surface area contributed by atoms with Crippen molar-refractivity contribution in [3.63, 3.8) is 0 Å². The summed E-state index contributed by atoms with van der Waals surface area (Å²) in [4.78, 5) is 42.2. The molecule has 0 spiro atoms. The largest absolute Gasteiger partial charge is 0.378 e. The number of ether oxygens (including phenoxy) is 1. The Morgan fingerprint density at radius 2 is 1.59 bits per heavy atom. The highest BCUT2D eigenvalue weighted by Crippen LogP contribution is 2.21. The molecule has 29 heavy (non-hydrogen) atoms. The number of rotatable bonds is 4. The van der Waals surface area contributed by atoms with Crippen molar-refractivity contribution in [1.82, 2.24) is 14.7 Å². The molecular formula is C22H29N3O4. The van der Waals surface area contributed by atoms with Gasteiger partial charge in [0.05, 0.1) is 13.2 Å². The van der Waals surface area contributed by atoms with Gasteiger partial charge in [-0.1, -0.05) is 12.1 Å². The van der Waals surface area contributed by atoms with Gasteiger partial charge in [0.25, 0.3) is 5.91 Å². The number of carbonyl (C=O) groups is 3. The second-order valence-corrected chi connectivity index (χ2v) is 7.69. The van der Waals surface area contributed by atoms with Gasteiger partial charge in [-0.3, -0.25) is 14.4 Å². The number of benzene rings is 1. The Bertz CT molecular complexity index is 759. The number of likely N-dealkylation sites (tertiary alicyclic amines) is 1. The lowest BCUT2D eigenvalue weighted by molar-refractivity contribution is -0.142. The molecule has 7 nitrogen and oxygen atoms in total. The van der Waals surface area contributed by atoms with Crippen LogP contribution in [0.1, 0.15) is 28.8 Å². The third-order valence-electron chi connectivity index (χ3n) is 5.46. The molecule has 3 amide bonds. The van der Waals surface area contributed by atoms with Crippen LogP contribution in [0, 0.1) is 5.92 Å². The van der Waals surface area contributed by atoms with E-state index in [1.807, 2.05) is 17.0 Å². The zero-order valence-electron chi connectivity index (χ0n) is 17.2. The molecule has 3 rings (SSSR count). The van der Waals surface area contributed by atoms with E-state index in [1.165, 1.54) is 4.90 Å². The summed E-state index contributed by atoms with van der Waals surface area (Å²) >= 11 is 0. The molecular weight excluding hydrogens is 370 g/mol. The quantitative estimate of drug-likeness (QED) is 0.720. The maximum Gasteiger partial charge on any atom is 0.253 e. The smallest absolute Gasteiger partial charge is 0.253 e. The fourth-order valence-corrected chi connectivity index (χ4v) is 3.66. The summed E-state index contributed by atoms with van der Waals surface area (Å²) in [6.07, 6.45) is 4.73. The molecule has 2 aliphatic heterocycles. The lowest BCUT2D eigenvalue weighted by Gasteiger charge is -2.35. The van der Waals surface area contributed by atoms with Gasteiger partial charge in [0.1, 0.15) is 0 Å². The van der Waals surface area contributed by atoms with Crippen LogP contribution in [0.15, 0.2) is 30.3 Å². The van der Waals surface area contributed by atoms with Crippen molar-refractivity contribution in [3.8, 4) is 0 Å². The van der Waals surface area contributed by atoms with E-state index in [2.05, 4.69) is 0 Å². The Hall–Kier alpha value is -2.67. The summed E-state index contributed by atoms with van der Waals surface area (Å²) in [5.74, 6) is 0.105. The van der Waals surface area contributed by atoms with Crippen LogP contribution in [0.4, 0.5) is 0 Å². The number of carbonyl (C=O) groups excluding carboxylic acids is 3. The molecule has 0 radical (unpaired) electrons. The van der Waals surface area contributed by atoms with E-state index in [4.69, 9.17) is 4.74 Å². The molecule has 156 valence electrons. The molecule has 0 bridgehead atoms. The Morgan fingerprint density at radius 1 is 0.966 bits per heavy atom. The normalized spacial score (nSPS) is 18.1. The zero-order chi connectivity index (χ0) is 20.8. The molecule has 0 aliphatic carbocycles. The number of hydrogen-bond donors (Lipinski definition) is 0. The van der Waals surface area contributed by atoms with Crippen LogP contribution in [0.5, 0.6) is 0 Å². The molecule has 0 N–H and O–H groups in total. The first-order valence-electron chi connectivity index (χ1n) is 10.1. The van der Waals surface area contributed by atoms with Crippen LogP contribution in [-0.2, 0) is 14.3 Å². The van der Waals surface area contributed by atoms with Gasteiger partial charge in [-0.05, 0) is 36.6 Å². The van der Waals surface area contributed by atoms with Crippen molar-refractivity contribution in [2.24, 2.45) is 5.92 Å². The number of nitrogens with zero attached hydrogens (tertiary/aromatic N) is 3. The molecule has 1 aromatic carbocycles. The molecule has 0 atom stereocenters. The third-order valence-corrected chi connectivity index (χ3v) is 5.46. The Labute approximate surface area is 171 Å². The molecule has 2 aliphatic rings. The van der Waals surface area contributed by atoms with Gasteiger partial charge in [0.15, 0.2) is 0 Å². The highest BCUT2D eigenvalue weighted by atomic mass is 16.5. The Morgan fingerprint density at radius 3 is 2.17 bits per heavy atom. The lowest BCUT2D eigenvalue weighted by Crippen LogP contribution is -2.47. The van der Waals surface area contributed by atoms with Crippen LogP contribution in [-0.4, -0.2) is 85.9 Å². The highest BCUT2D eigenvalue weighted by Gasteiger charge is 2.30. The van der Waals surface area contributed by atoms with E-state index in [-0.39, 0.29) is 23.6 Å². The first-order chi connectivity index (χ1) is 14.0. The highest BCUT2D eigenvalue weighted by molar-refractivity contribution is 5.95. The van der Waals surface area contributed by atoms with E-state index in [0.717, 1.165) is 5.56 Å². The molecule has 2 fully saturated rings. The fourth-order valence-electron chi connectivity index (χ4n) is 3.66. The van der Waals surface area contributed by atoms with E-state index in [1.54, 1.807) is 43.3 Å². The van der Waals surface area contributed by atoms with Gasteiger partial charge in [-0.25, -0.2) is 0 Å². The zero-order valence-corrected chi connectivity index (χ0v) is 17.2. The minimum absolute atomic E-state index is 0.00269. The summed E-state index contributed by atoms with van der Waals surface area (Å²) in [5, 5.41) is 0. The van der Waals surface area contributed by atoms with Gasteiger partial charge in [0.2, 0.25) is 11.8 Å². The number of morpholine rings is 1. The average molecular weight is 399 g/mol. The summed E-state index contributed by atoms with van der Waals surface area (Å²) < 4.78 is 5.30. The average Bonchev–Trinajstić information content (AvgIpc) is 2.77. The third kappa shape index (κ3) is 5.44. The minimum Gasteiger partial charge on any atom is -0.378 e. The van der Waals surface area contributed by atoms with Crippen molar-refractivity contribution >= 4 is 23.8 Å². The van der Waals surface area contributed by atoms with E-state index < -0.39 is 0 Å². The molecule has 0 unspecified atom stereocenters. The molecule has 2 saturated heterocycles. The summed E-state index contributed by atoms with van der Waals surface area (Å²) in [6.45, 7) is 3.75. The SMILES string of the molecule is CN(C)C(=O)c1ccc(/C=C/C(=O)N2CCC(C(=O)N3CCOCC3)CC2)cc1. The maximum atomic E-state index is 12.6. The summed E-state index contributed by atoms with van der Waals surface area (Å²) in [5.41, 5.74) is 1.48. The topological polar surface area (TPSA) is 70.2 Å². The fraction of sp³-hybridized carbons (Fsp3) is 0.500. The predicted octanol–water partition coefficient (Wildman–Crippen LogP) is 1.50. The molecule has 0 saturated carbocycles. The van der Waals surface area contributed by atoms with Crippen LogP contribution < -0.4 is 0 Å². The Kier molecular flexibility index (Phi) is 7.04. The van der Waals surface area contributed by atoms with E-state index in [0.29, 0.717) is 57.8 Å². The van der Waals surface area contributed by atoms with Crippen molar-refractivity contribution < 1.29 is 19.1 Å². The molecule has 0 aromatic heterocycles. The van der Waals surface area contributed by atoms with Crippen molar-refractivity contribution in [3.05, 3.63) is 41.5 Å². The second kappa shape index (κ2) is 9.69.